The zero-order valence-corrected chi connectivity index (χ0v) is 15.6. The summed E-state index contributed by atoms with van der Waals surface area (Å²) in [6.07, 6.45) is 1.12. The van der Waals surface area contributed by atoms with Crippen molar-refractivity contribution in [3.05, 3.63) is 59.7 Å². The van der Waals surface area contributed by atoms with Crippen LogP contribution < -0.4 is 10.1 Å². The van der Waals surface area contributed by atoms with Crippen molar-refractivity contribution in [2.24, 2.45) is 5.92 Å². The van der Waals surface area contributed by atoms with E-state index in [9.17, 15) is 13.2 Å². The van der Waals surface area contributed by atoms with E-state index in [1.165, 1.54) is 12.1 Å². The van der Waals surface area contributed by atoms with Gasteiger partial charge in [-0.05, 0) is 41.8 Å². The summed E-state index contributed by atoms with van der Waals surface area (Å²) in [5, 5.41) is 2.99. The van der Waals surface area contributed by atoms with Crippen molar-refractivity contribution in [3.63, 3.8) is 0 Å². The maximum atomic E-state index is 12.6. The number of benzene rings is 2. The minimum Gasteiger partial charge on any atom is -0.497 e. The Bertz CT molecular complexity index is 842. The van der Waals surface area contributed by atoms with Crippen LogP contribution in [-0.4, -0.2) is 27.7 Å². The molecule has 1 amide bonds. The highest BCUT2D eigenvalue weighted by Crippen LogP contribution is 2.24. The first kappa shape index (κ1) is 19.0. The van der Waals surface area contributed by atoms with Gasteiger partial charge in [-0.1, -0.05) is 32.0 Å². The second-order valence-corrected chi connectivity index (χ2v) is 8.28. The molecule has 0 saturated carbocycles. The van der Waals surface area contributed by atoms with Crippen molar-refractivity contribution < 1.29 is 17.9 Å². The molecule has 2 aromatic carbocycles. The molecule has 6 heteroatoms. The van der Waals surface area contributed by atoms with Crippen LogP contribution in [0.2, 0.25) is 0 Å². The summed E-state index contributed by atoms with van der Waals surface area (Å²) in [5.41, 5.74) is 1.28. The zero-order valence-electron chi connectivity index (χ0n) is 14.8. The molecule has 0 aliphatic carbocycles. The lowest BCUT2D eigenvalue weighted by Crippen LogP contribution is -2.31. The normalized spacial score (nSPS) is 12.7. The minimum absolute atomic E-state index is 0.130. The molecule has 5 nitrogen and oxygen atoms in total. The lowest BCUT2D eigenvalue weighted by atomic mass is 9.95. The van der Waals surface area contributed by atoms with E-state index in [-0.39, 0.29) is 22.8 Å². The third-order valence-corrected chi connectivity index (χ3v) is 5.06. The van der Waals surface area contributed by atoms with Gasteiger partial charge in [0.1, 0.15) is 5.75 Å². The number of sulfone groups is 1. The van der Waals surface area contributed by atoms with Crippen LogP contribution in [0.5, 0.6) is 5.75 Å². The van der Waals surface area contributed by atoms with Crippen LogP contribution in [0.3, 0.4) is 0 Å². The second kappa shape index (κ2) is 7.70. The Morgan fingerprint density at radius 1 is 1.08 bits per heavy atom. The number of amides is 1. The van der Waals surface area contributed by atoms with Gasteiger partial charge in [0.05, 0.1) is 18.0 Å². The molecule has 0 heterocycles. The number of rotatable bonds is 6. The average Bonchev–Trinajstić information content (AvgIpc) is 2.58. The van der Waals surface area contributed by atoms with Crippen molar-refractivity contribution in [1.82, 2.24) is 5.32 Å². The Morgan fingerprint density at radius 3 is 2.24 bits per heavy atom. The molecular weight excluding hydrogens is 338 g/mol. The molecule has 1 atom stereocenters. The van der Waals surface area contributed by atoms with E-state index >= 15 is 0 Å². The van der Waals surface area contributed by atoms with E-state index in [0.29, 0.717) is 5.56 Å². The van der Waals surface area contributed by atoms with Crippen LogP contribution in [0.15, 0.2) is 53.4 Å². The predicted molar refractivity (Wildman–Crippen MR) is 97.6 cm³/mol. The van der Waals surface area contributed by atoms with Gasteiger partial charge in [0, 0.05) is 11.8 Å². The average molecular weight is 361 g/mol. The van der Waals surface area contributed by atoms with Crippen LogP contribution in [0.1, 0.15) is 35.8 Å². The standard InChI is InChI=1S/C19H23NO4S/c1-13(2)18(14-8-10-16(24-3)11-9-14)20-19(21)15-6-5-7-17(12-15)25(4,22)23/h5-13,18H,1-4H3,(H,20,21)/t18-/m1/s1. The fourth-order valence-electron chi connectivity index (χ4n) is 2.54. The number of carbonyl (C=O) groups is 1. The third-order valence-electron chi connectivity index (χ3n) is 3.95. The molecule has 0 aliphatic heterocycles. The Labute approximate surface area is 148 Å². The second-order valence-electron chi connectivity index (χ2n) is 6.27. The molecule has 2 rings (SSSR count). The molecule has 0 unspecified atom stereocenters. The lowest BCUT2D eigenvalue weighted by Gasteiger charge is -2.23. The Morgan fingerprint density at radius 2 is 1.72 bits per heavy atom. The van der Waals surface area contributed by atoms with Gasteiger partial charge < -0.3 is 10.1 Å². The van der Waals surface area contributed by atoms with Crippen molar-refractivity contribution in [1.29, 1.82) is 0 Å². The summed E-state index contributed by atoms with van der Waals surface area (Å²) in [5.74, 6) is 0.605. The van der Waals surface area contributed by atoms with Gasteiger partial charge >= 0.3 is 0 Å². The number of ether oxygens (including phenoxy) is 1. The molecule has 1 N–H and O–H groups in total. The van der Waals surface area contributed by atoms with Crippen LogP contribution in [0, 0.1) is 5.92 Å². The van der Waals surface area contributed by atoms with Gasteiger partial charge in [0.15, 0.2) is 9.84 Å². The third kappa shape index (κ3) is 4.82. The van der Waals surface area contributed by atoms with Crippen LogP contribution >= 0.6 is 0 Å². The van der Waals surface area contributed by atoms with E-state index in [1.54, 1.807) is 19.2 Å². The summed E-state index contributed by atoms with van der Waals surface area (Å²) < 4.78 is 28.5. The van der Waals surface area contributed by atoms with Gasteiger partial charge in [0.2, 0.25) is 0 Å². The summed E-state index contributed by atoms with van der Waals surface area (Å²) in [6.45, 7) is 4.03. The maximum absolute atomic E-state index is 12.6. The molecule has 0 bridgehead atoms. The van der Waals surface area contributed by atoms with Gasteiger partial charge in [-0.3, -0.25) is 4.79 Å². The topological polar surface area (TPSA) is 72.5 Å². The van der Waals surface area contributed by atoms with Crippen molar-refractivity contribution in [3.8, 4) is 5.75 Å². The van der Waals surface area contributed by atoms with Crippen molar-refractivity contribution >= 4 is 15.7 Å². The molecular formula is C19H23NO4S. The molecule has 134 valence electrons. The van der Waals surface area contributed by atoms with Gasteiger partial charge in [0.25, 0.3) is 5.91 Å². The van der Waals surface area contributed by atoms with E-state index < -0.39 is 9.84 Å². The predicted octanol–water partition coefficient (Wildman–Crippen LogP) is 3.23. The number of hydrogen-bond donors (Lipinski definition) is 1. The first-order chi connectivity index (χ1) is 11.7. The van der Waals surface area contributed by atoms with E-state index in [4.69, 9.17) is 4.74 Å². The highest BCUT2D eigenvalue weighted by atomic mass is 32.2. The summed E-state index contributed by atoms with van der Waals surface area (Å²) in [6, 6.07) is 13.4. The fourth-order valence-corrected chi connectivity index (χ4v) is 3.21. The minimum atomic E-state index is -3.36. The first-order valence-corrected chi connectivity index (χ1v) is 9.86. The van der Waals surface area contributed by atoms with E-state index in [2.05, 4.69) is 5.32 Å². The monoisotopic (exact) mass is 361 g/mol. The quantitative estimate of drug-likeness (QED) is 0.857. The Balaban J connectivity index is 2.26. The van der Waals surface area contributed by atoms with Crippen LogP contribution in [0.25, 0.3) is 0 Å². The van der Waals surface area contributed by atoms with Gasteiger partial charge in [-0.2, -0.15) is 0 Å². The van der Waals surface area contributed by atoms with Gasteiger partial charge in [-0.25, -0.2) is 8.42 Å². The summed E-state index contributed by atoms with van der Waals surface area (Å²) >= 11 is 0. The Kier molecular flexibility index (Phi) is 5.85. The molecule has 0 spiro atoms. The molecule has 0 fully saturated rings. The molecule has 25 heavy (non-hydrogen) atoms. The SMILES string of the molecule is COc1ccc([C@H](NC(=O)c2cccc(S(C)(=O)=O)c2)C(C)C)cc1. The zero-order chi connectivity index (χ0) is 18.6. The fraction of sp³-hybridized carbons (Fsp3) is 0.316. The largest absolute Gasteiger partial charge is 0.497 e. The molecule has 0 aliphatic rings. The van der Waals surface area contributed by atoms with Crippen molar-refractivity contribution in [2.75, 3.05) is 13.4 Å². The molecule has 0 aromatic heterocycles. The number of nitrogens with one attached hydrogen (secondary N) is 1. The number of hydrogen-bond acceptors (Lipinski definition) is 4. The Hall–Kier alpha value is -2.34. The van der Waals surface area contributed by atoms with E-state index in [0.717, 1.165) is 17.6 Å². The first-order valence-electron chi connectivity index (χ1n) is 7.97. The summed E-state index contributed by atoms with van der Waals surface area (Å²) in [7, 11) is -1.75. The van der Waals surface area contributed by atoms with Crippen LogP contribution in [0.4, 0.5) is 0 Å². The lowest BCUT2D eigenvalue weighted by molar-refractivity contribution is 0.0925. The highest BCUT2D eigenvalue weighted by molar-refractivity contribution is 7.90. The summed E-state index contributed by atoms with van der Waals surface area (Å²) in [4.78, 5) is 12.7. The highest BCUT2D eigenvalue weighted by Gasteiger charge is 2.20. The molecule has 2 aromatic rings. The molecule has 0 saturated heterocycles. The van der Waals surface area contributed by atoms with Crippen molar-refractivity contribution in [2.45, 2.75) is 24.8 Å². The van der Waals surface area contributed by atoms with E-state index in [1.807, 2.05) is 38.1 Å². The van der Waals surface area contributed by atoms with Crippen LogP contribution in [-0.2, 0) is 9.84 Å². The smallest absolute Gasteiger partial charge is 0.251 e. The van der Waals surface area contributed by atoms with Gasteiger partial charge in [-0.15, -0.1) is 0 Å². The number of methoxy groups -OCH3 is 1. The maximum Gasteiger partial charge on any atom is 0.251 e. The number of carbonyl (C=O) groups excluding carboxylic acids is 1. The molecule has 0 radical (unpaired) electrons.